The smallest absolute Gasteiger partial charge is 0.121 e. The lowest BCUT2D eigenvalue weighted by Gasteiger charge is -2.23. The molecule has 1 saturated carbocycles. The fourth-order valence-corrected chi connectivity index (χ4v) is 2.64. The van der Waals surface area contributed by atoms with Crippen LogP contribution in [0.4, 0.5) is 5.69 Å². The molecule has 3 nitrogen and oxygen atoms in total. The molecule has 0 saturated heterocycles. The number of hydrogen-bond donors (Lipinski definition) is 2. The molecule has 0 spiro atoms. The Hall–Kier alpha value is -1.22. The van der Waals surface area contributed by atoms with E-state index in [0.29, 0.717) is 0 Å². The summed E-state index contributed by atoms with van der Waals surface area (Å²) in [6, 6.07) is 6.25. The van der Waals surface area contributed by atoms with Gasteiger partial charge in [0.05, 0.1) is 19.3 Å². The number of aliphatic hydroxyl groups excluding tert-OH is 1. The highest BCUT2D eigenvalue weighted by molar-refractivity contribution is 5.51. The molecule has 0 aliphatic heterocycles. The molecule has 2 rings (SSSR count). The van der Waals surface area contributed by atoms with E-state index in [1.165, 1.54) is 12.8 Å². The average molecular weight is 249 g/mol. The van der Waals surface area contributed by atoms with Crippen LogP contribution in [0, 0.1) is 6.92 Å². The maximum atomic E-state index is 10.1. The second kappa shape index (κ2) is 6.10. The minimum Gasteiger partial charge on any atom is -0.496 e. The lowest BCUT2D eigenvalue weighted by atomic mass is 10.1. The van der Waals surface area contributed by atoms with Crippen molar-refractivity contribution in [2.24, 2.45) is 0 Å². The Labute approximate surface area is 109 Å². The normalized spacial score (nSPS) is 24.4. The van der Waals surface area contributed by atoms with Gasteiger partial charge in [0.1, 0.15) is 5.75 Å². The van der Waals surface area contributed by atoms with Crippen molar-refractivity contribution in [1.29, 1.82) is 0 Å². The van der Waals surface area contributed by atoms with E-state index in [1.807, 2.05) is 19.1 Å². The second-order valence-corrected chi connectivity index (χ2v) is 5.14. The molecule has 1 aromatic rings. The van der Waals surface area contributed by atoms with E-state index in [0.717, 1.165) is 36.3 Å². The number of benzene rings is 1. The van der Waals surface area contributed by atoms with Gasteiger partial charge in [-0.25, -0.2) is 0 Å². The van der Waals surface area contributed by atoms with Gasteiger partial charge in [-0.05, 0) is 43.5 Å². The van der Waals surface area contributed by atoms with Gasteiger partial charge in [-0.15, -0.1) is 0 Å². The van der Waals surface area contributed by atoms with Gasteiger partial charge >= 0.3 is 0 Å². The maximum absolute atomic E-state index is 10.1. The predicted octanol–water partition coefficient (Wildman–Crippen LogP) is 3.11. The van der Waals surface area contributed by atoms with Crippen LogP contribution in [0.15, 0.2) is 18.2 Å². The standard InChI is InChI=1S/C15H23NO2/c1-11-10-12(8-9-15(11)18-2)16-13-6-4-3-5-7-14(13)17/h8-10,13-14,16-17H,3-7H2,1-2H3. The number of hydrogen-bond acceptors (Lipinski definition) is 3. The van der Waals surface area contributed by atoms with Crippen molar-refractivity contribution >= 4 is 5.69 Å². The molecular formula is C15H23NO2. The highest BCUT2D eigenvalue weighted by Gasteiger charge is 2.21. The molecule has 18 heavy (non-hydrogen) atoms. The molecule has 2 N–H and O–H groups in total. The number of nitrogens with one attached hydrogen (secondary N) is 1. The maximum Gasteiger partial charge on any atom is 0.121 e. The van der Waals surface area contributed by atoms with Crippen molar-refractivity contribution < 1.29 is 9.84 Å². The average Bonchev–Trinajstić information content (AvgIpc) is 2.55. The summed E-state index contributed by atoms with van der Waals surface area (Å²) in [4.78, 5) is 0. The summed E-state index contributed by atoms with van der Waals surface area (Å²) in [6.45, 7) is 2.04. The Morgan fingerprint density at radius 1 is 1.22 bits per heavy atom. The first kappa shape index (κ1) is 13.2. The van der Waals surface area contributed by atoms with Gasteiger partial charge in [-0.2, -0.15) is 0 Å². The van der Waals surface area contributed by atoms with E-state index >= 15 is 0 Å². The fourth-order valence-electron chi connectivity index (χ4n) is 2.64. The molecule has 1 aliphatic rings. The molecule has 0 heterocycles. The fraction of sp³-hybridized carbons (Fsp3) is 0.600. The van der Waals surface area contributed by atoms with Crippen molar-refractivity contribution in [2.45, 2.75) is 51.2 Å². The highest BCUT2D eigenvalue weighted by atomic mass is 16.5. The van der Waals surface area contributed by atoms with Gasteiger partial charge < -0.3 is 15.2 Å². The Balaban J connectivity index is 2.05. The van der Waals surface area contributed by atoms with Crippen LogP contribution in [-0.2, 0) is 0 Å². The Morgan fingerprint density at radius 2 is 2.00 bits per heavy atom. The Kier molecular flexibility index (Phi) is 4.48. The first-order chi connectivity index (χ1) is 8.70. The zero-order valence-corrected chi connectivity index (χ0v) is 11.3. The summed E-state index contributed by atoms with van der Waals surface area (Å²) in [5.41, 5.74) is 2.19. The van der Waals surface area contributed by atoms with E-state index in [2.05, 4.69) is 11.4 Å². The van der Waals surface area contributed by atoms with Crippen LogP contribution in [0.5, 0.6) is 5.75 Å². The summed E-state index contributed by atoms with van der Waals surface area (Å²) >= 11 is 0. The van der Waals surface area contributed by atoms with Crippen molar-refractivity contribution in [2.75, 3.05) is 12.4 Å². The highest BCUT2D eigenvalue weighted by Crippen LogP contribution is 2.25. The minimum absolute atomic E-state index is 0.181. The van der Waals surface area contributed by atoms with E-state index < -0.39 is 0 Å². The number of aryl methyl sites for hydroxylation is 1. The van der Waals surface area contributed by atoms with Crippen LogP contribution in [0.2, 0.25) is 0 Å². The zero-order valence-electron chi connectivity index (χ0n) is 11.3. The van der Waals surface area contributed by atoms with Crippen molar-refractivity contribution in [3.63, 3.8) is 0 Å². The van der Waals surface area contributed by atoms with Crippen molar-refractivity contribution in [3.05, 3.63) is 23.8 Å². The van der Waals surface area contributed by atoms with Crippen LogP contribution in [0.1, 0.15) is 37.7 Å². The molecule has 2 atom stereocenters. The number of aliphatic hydroxyl groups is 1. The molecule has 1 aliphatic carbocycles. The van der Waals surface area contributed by atoms with E-state index in [4.69, 9.17) is 4.74 Å². The third kappa shape index (κ3) is 3.16. The minimum atomic E-state index is -0.227. The van der Waals surface area contributed by atoms with Crippen LogP contribution in [-0.4, -0.2) is 24.4 Å². The Morgan fingerprint density at radius 3 is 2.72 bits per heavy atom. The van der Waals surface area contributed by atoms with Gasteiger partial charge in [0, 0.05) is 5.69 Å². The van der Waals surface area contributed by atoms with E-state index in [-0.39, 0.29) is 12.1 Å². The van der Waals surface area contributed by atoms with Crippen LogP contribution < -0.4 is 10.1 Å². The topological polar surface area (TPSA) is 41.5 Å². The van der Waals surface area contributed by atoms with Gasteiger partial charge in [0.2, 0.25) is 0 Å². The largest absolute Gasteiger partial charge is 0.496 e. The monoisotopic (exact) mass is 249 g/mol. The second-order valence-electron chi connectivity index (χ2n) is 5.14. The van der Waals surface area contributed by atoms with Crippen molar-refractivity contribution in [3.8, 4) is 5.75 Å². The third-order valence-electron chi connectivity index (χ3n) is 3.73. The number of rotatable bonds is 3. The van der Waals surface area contributed by atoms with Crippen LogP contribution in [0.3, 0.4) is 0 Å². The third-order valence-corrected chi connectivity index (χ3v) is 3.73. The molecule has 0 bridgehead atoms. The summed E-state index contributed by atoms with van der Waals surface area (Å²) < 4.78 is 5.25. The summed E-state index contributed by atoms with van der Waals surface area (Å²) in [5.74, 6) is 0.905. The molecule has 1 aromatic carbocycles. The van der Waals surface area contributed by atoms with Gasteiger partial charge in [-0.1, -0.05) is 19.3 Å². The molecule has 100 valence electrons. The van der Waals surface area contributed by atoms with E-state index in [9.17, 15) is 5.11 Å². The number of ether oxygens (including phenoxy) is 1. The first-order valence-electron chi connectivity index (χ1n) is 6.80. The van der Waals surface area contributed by atoms with Gasteiger partial charge in [0.25, 0.3) is 0 Å². The molecule has 3 heteroatoms. The van der Waals surface area contributed by atoms with Gasteiger partial charge in [0.15, 0.2) is 0 Å². The molecular weight excluding hydrogens is 226 g/mol. The quantitative estimate of drug-likeness (QED) is 0.809. The molecule has 0 amide bonds. The van der Waals surface area contributed by atoms with E-state index in [1.54, 1.807) is 7.11 Å². The molecule has 0 radical (unpaired) electrons. The zero-order chi connectivity index (χ0) is 13.0. The number of anilines is 1. The summed E-state index contributed by atoms with van der Waals surface area (Å²) in [7, 11) is 1.69. The molecule has 1 fully saturated rings. The summed E-state index contributed by atoms with van der Waals surface area (Å²) in [6.07, 6.45) is 5.30. The van der Waals surface area contributed by atoms with Crippen LogP contribution in [0.25, 0.3) is 0 Å². The first-order valence-corrected chi connectivity index (χ1v) is 6.80. The molecule has 2 unspecified atom stereocenters. The molecule has 0 aromatic heterocycles. The van der Waals surface area contributed by atoms with Crippen LogP contribution >= 0.6 is 0 Å². The number of methoxy groups -OCH3 is 1. The van der Waals surface area contributed by atoms with Gasteiger partial charge in [-0.3, -0.25) is 0 Å². The lowest BCUT2D eigenvalue weighted by Crippen LogP contribution is -2.32. The lowest BCUT2D eigenvalue weighted by molar-refractivity contribution is 0.144. The van der Waals surface area contributed by atoms with Crippen molar-refractivity contribution in [1.82, 2.24) is 0 Å². The summed E-state index contributed by atoms with van der Waals surface area (Å²) in [5, 5.41) is 13.6. The Bertz CT molecular complexity index is 392. The predicted molar refractivity (Wildman–Crippen MR) is 74.2 cm³/mol. The SMILES string of the molecule is COc1ccc(NC2CCCCCC2O)cc1C.